The van der Waals surface area contributed by atoms with E-state index in [1.165, 1.54) is 6.07 Å². The third kappa shape index (κ3) is 3.97. The Labute approximate surface area is 200 Å². The number of fused-ring (bicyclic) bond motifs is 1. The summed E-state index contributed by atoms with van der Waals surface area (Å²) in [6, 6.07) is 4.18. The van der Waals surface area contributed by atoms with Crippen molar-refractivity contribution in [3.63, 3.8) is 0 Å². The van der Waals surface area contributed by atoms with Crippen LogP contribution in [0.5, 0.6) is 34.5 Å². The minimum atomic E-state index is -2.05. The lowest BCUT2D eigenvalue weighted by Gasteiger charge is -2.38. The molecule has 0 radical (unpaired) electrons. The summed E-state index contributed by atoms with van der Waals surface area (Å²) in [6.07, 6.45) is -10.2. The number of hydrogen-bond donors (Lipinski definition) is 8. The summed E-state index contributed by atoms with van der Waals surface area (Å²) in [6.45, 7) is 0. The highest BCUT2D eigenvalue weighted by atomic mass is 16.7. The van der Waals surface area contributed by atoms with Crippen molar-refractivity contribution in [2.45, 2.75) is 30.7 Å². The zero-order valence-corrected chi connectivity index (χ0v) is 18.2. The average Bonchev–Trinajstić information content (AvgIpc) is 2.82. The Bertz CT molecular complexity index is 1400. The fourth-order valence-electron chi connectivity index (χ4n) is 3.71. The molecular weight excluding hydrogens is 488 g/mol. The second-order valence-electron chi connectivity index (χ2n) is 7.80. The molecule has 1 saturated heterocycles. The number of rotatable bonds is 5. The number of methoxy groups -OCH3 is 1. The Balaban J connectivity index is 1.95. The Kier molecular flexibility index (Phi) is 6.28. The first-order valence-corrected chi connectivity index (χ1v) is 10.2. The number of carboxylic acid groups (broad SMARTS) is 1. The van der Waals surface area contributed by atoms with Crippen molar-refractivity contribution in [1.29, 1.82) is 0 Å². The van der Waals surface area contributed by atoms with E-state index in [4.69, 9.17) is 18.6 Å². The van der Waals surface area contributed by atoms with E-state index in [-0.39, 0.29) is 11.1 Å². The van der Waals surface area contributed by atoms with E-state index in [2.05, 4.69) is 0 Å². The van der Waals surface area contributed by atoms with E-state index >= 15 is 0 Å². The molecular formula is C22H20O14. The molecule has 14 nitrogen and oxygen atoms in total. The van der Waals surface area contributed by atoms with Gasteiger partial charge in [-0.05, 0) is 18.2 Å². The average molecular weight is 508 g/mol. The quantitative estimate of drug-likeness (QED) is 0.204. The van der Waals surface area contributed by atoms with Crippen LogP contribution in [0.2, 0.25) is 0 Å². The van der Waals surface area contributed by atoms with Gasteiger partial charge in [-0.2, -0.15) is 0 Å². The molecule has 0 amide bonds. The van der Waals surface area contributed by atoms with Gasteiger partial charge in [0.25, 0.3) is 0 Å². The molecule has 1 fully saturated rings. The minimum Gasteiger partial charge on any atom is -0.504 e. The normalized spacial score (nSPS) is 23.9. The van der Waals surface area contributed by atoms with Crippen LogP contribution in [0.4, 0.5) is 0 Å². The lowest BCUT2D eigenvalue weighted by molar-refractivity contribution is -0.271. The molecule has 2 aromatic carbocycles. The summed E-state index contributed by atoms with van der Waals surface area (Å²) in [5, 5.41) is 79.2. The van der Waals surface area contributed by atoms with Gasteiger partial charge in [0, 0.05) is 11.6 Å². The van der Waals surface area contributed by atoms with Crippen LogP contribution in [0.15, 0.2) is 33.5 Å². The number of aliphatic carboxylic acids is 1. The molecule has 192 valence electrons. The summed E-state index contributed by atoms with van der Waals surface area (Å²) in [7, 11) is 1.11. The van der Waals surface area contributed by atoms with E-state index in [0.717, 1.165) is 25.3 Å². The molecule has 4 rings (SSSR count). The largest absolute Gasteiger partial charge is 0.504 e. The highest BCUT2D eigenvalue weighted by Gasteiger charge is 2.48. The third-order valence-corrected chi connectivity index (χ3v) is 5.54. The second kappa shape index (κ2) is 9.09. The van der Waals surface area contributed by atoms with Gasteiger partial charge in [-0.15, -0.1) is 0 Å². The van der Waals surface area contributed by atoms with Gasteiger partial charge in [0.1, 0.15) is 29.3 Å². The number of aliphatic hydroxyl groups excluding tert-OH is 3. The SMILES string of the molecule is COc1c(O)cc2oc(-c3ccc(O)c(O)c3)c(O[C@@H]3O[C@H](C(=O)O)[C@@H](O)[C@H](O)[C@H]3O)c(=O)c2c1O. The first-order chi connectivity index (χ1) is 17.0. The summed E-state index contributed by atoms with van der Waals surface area (Å²) < 4.78 is 21.1. The molecule has 1 aromatic heterocycles. The van der Waals surface area contributed by atoms with Crippen LogP contribution in [-0.2, 0) is 9.53 Å². The first kappa shape index (κ1) is 24.9. The van der Waals surface area contributed by atoms with Crippen molar-refractivity contribution in [2.24, 2.45) is 0 Å². The number of carboxylic acids is 1. The molecule has 5 atom stereocenters. The molecule has 2 heterocycles. The van der Waals surface area contributed by atoms with Gasteiger partial charge in [0.15, 0.2) is 34.9 Å². The predicted octanol–water partition coefficient (Wildman–Crippen LogP) is -0.438. The van der Waals surface area contributed by atoms with Crippen LogP contribution in [0, 0.1) is 0 Å². The molecule has 14 heteroatoms. The van der Waals surface area contributed by atoms with Gasteiger partial charge < -0.3 is 59.5 Å². The van der Waals surface area contributed by atoms with E-state index < -0.39 is 87.7 Å². The van der Waals surface area contributed by atoms with Crippen LogP contribution in [0.1, 0.15) is 0 Å². The summed E-state index contributed by atoms with van der Waals surface area (Å²) in [5.74, 6) is -6.00. The van der Waals surface area contributed by atoms with Crippen LogP contribution < -0.4 is 14.9 Å². The summed E-state index contributed by atoms with van der Waals surface area (Å²) >= 11 is 0. The molecule has 0 saturated carbocycles. The number of aromatic hydroxyl groups is 4. The molecule has 3 aromatic rings. The molecule has 0 spiro atoms. The van der Waals surface area contributed by atoms with Crippen molar-refractivity contribution in [1.82, 2.24) is 0 Å². The number of hydrogen-bond acceptors (Lipinski definition) is 13. The lowest BCUT2D eigenvalue weighted by atomic mass is 9.99. The van der Waals surface area contributed by atoms with E-state index in [0.29, 0.717) is 0 Å². The van der Waals surface area contributed by atoms with Crippen LogP contribution in [-0.4, -0.2) is 84.6 Å². The second-order valence-corrected chi connectivity index (χ2v) is 7.80. The van der Waals surface area contributed by atoms with Crippen LogP contribution in [0.25, 0.3) is 22.3 Å². The summed E-state index contributed by atoms with van der Waals surface area (Å²) in [4.78, 5) is 24.9. The van der Waals surface area contributed by atoms with Crippen molar-refractivity contribution >= 4 is 16.9 Å². The number of carbonyl (C=O) groups is 1. The fourth-order valence-corrected chi connectivity index (χ4v) is 3.71. The maximum atomic E-state index is 13.5. The highest BCUT2D eigenvalue weighted by Crippen LogP contribution is 2.44. The molecule has 1 aliphatic rings. The zero-order chi connectivity index (χ0) is 26.5. The summed E-state index contributed by atoms with van der Waals surface area (Å²) in [5.41, 5.74) is -1.55. The van der Waals surface area contributed by atoms with Crippen molar-refractivity contribution < 1.29 is 64.3 Å². The number of benzene rings is 2. The van der Waals surface area contributed by atoms with Gasteiger partial charge in [0.05, 0.1) is 7.11 Å². The number of aliphatic hydroxyl groups is 3. The van der Waals surface area contributed by atoms with E-state index in [1.807, 2.05) is 0 Å². The highest BCUT2D eigenvalue weighted by molar-refractivity contribution is 5.91. The van der Waals surface area contributed by atoms with Gasteiger partial charge in [-0.3, -0.25) is 4.79 Å². The molecule has 0 aliphatic carbocycles. The van der Waals surface area contributed by atoms with Gasteiger partial charge >= 0.3 is 5.97 Å². The van der Waals surface area contributed by atoms with Crippen LogP contribution in [0.3, 0.4) is 0 Å². The fraction of sp³-hybridized carbons (Fsp3) is 0.273. The zero-order valence-electron chi connectivity index (χ0n) is 18.2. The van der Waals surface area contributed by atoms with E-state index in [9.17, 15) is 50.4 Å². The van der Waals surface area contributed by atoms with Crippen molar-refractivity contribution in [3.05, 3.63) is 34.5 Å². The Morgan fingerprint density at radius 1 is 0.917 bits per heavy atom. The Morgan fingerprint density at radius 3 is 2.22 bits per heavy atom. The molecule has 0 bridgehead atoms. The lowest BCUT2D eigenvalue weighted by Crippen LogP contribution is -2.61. The smallest absolute Gasteiger partial charge is 0.335 e. The standard InChI is InChI=1S/C22H20O14/c1-33-18-9(25)5-10-11(12(18)26)13(27)19(17(34-10)6-2-3-7(23)8(24)4-6)35-22-16(30)14(28)15(29)20(36-22)21(31)32/h2-5,14-16,20,22-26,28-30H,1H3,(H,31,32)/t14-,15-,16+,20-,22+/m0/s1. The van der Waals surface area contributed by atoms with Crippen LogP contribution >= 0.6 is 0 Å². The van der Waals surface area contributed by atoms with Gasteiger partial charge in [0.2, 0.25) is 23.2 Å². The number of phenolic OH excluding ortho intramolecular Hbond substituents is 4. The maximum Gasteiger partial charge on any atom is 0.335 e. The maximum absolute atomic E-state index is 13.5. The Hall–Kier alpha value is -4.24. The molecule has 8 N–H and O–H groups in total. The third-order valence-electron chi connectivity index (χ3n) is 5.54. The number of ether oxygens (including phenoxy) is 3. The molecule has 0 unspecified atom stereocenters. The van der Waals surface area contributed by atoms with Crippen molar-refractivity contribution in [2.75, 3.05) is 7.11 Å². The minimum absolute atomic E-state index is 0.0743. The van der Waals surface area contributed by atoms with Gasteiger partial charge in [-0.1, -0.05) is 0 Å². The molecule has 1 aliphatic heterocycles. The monoisotopic (exact) mass is 508 g/mol. The first-order valence-electron chi connectivity index (χ1n) is 10.2. The van der Waals surface area contributed by atoms with E-state index in [1.54, 1.807) is 0 Å². The van der Waals surface area contributed by atoms with Gasteiger partial charge in [-0.25, -0.2) is 4.79 Å². The van der Waals surface area contributed by atoms with Crippen molar-refractivity contribution in [3.8, 4) is 45.8 Å². The molecule has 36 heavy (non-hydrogen) atoms. The number of phenols is 4. The predicted molar refractivity (Wildman–Crippen MR) is 116 cm³/mol. The topological polar surface area (TPSA) is 237 Å². The Morgan fingerprint density at radius 2 is 1.61 bits per heavy atom.